The molecule has 0 atom stereocenters. The molecule has 9 aromatic carbocycles. The second-order valence-corrected chi connectivity index (χ2v) is 15.5. The second kappa shape index (κ2) is 14.0. The third-order valence-electron chi connectivity index (χ3n) is 11.9. The van der Waals surface area contributed by atoms with Crippen LogP contribution >= 0.6 is 0 Å². The van der Waals surface area contributed by atoms with E-state index < -0.39 is 0 Å². The Balaban J connectivity index is 1.10. The van der Waals surface area contributed by atoms with Gasteiger partial charge in [-0.05, 0) is 60.6 Å². The first kappa shape index (κ1) is 29.6. The summed E-state index contributed by atoms with van der Waals surface area (Å²) in [6.07, 6.45) is 0. The molecule has 13 aromatic rings. The van der Waals surface area contributed by atoms with E-state index >= 15 is 0 Å². The molecule has 63 heavy (non-hydrogen) atoms. The fourth-order valence-electron chi connectivity index (χ4n) is 9.12. The van der Waals surface area contributed by atoms with Crippen LogP contribution in [0.5, 0.6) is 0 Å². The van der Waals surface area contributed by atoms with E-state index in [0.29, 0.717) is 39.9 Å². The first-order valence-corrected chi connectivity index (χ1v) is 20.7. The molecule has 294 valence electrons. The predicted molar refractivity (Wildman–Crippen MR) is 258 cm³/mol. The van der Waals surface area contributed by atoms with Crippen LogP contribution < -0.4 is 0 Å². The van der Waals surface area contributed by atoms with Crippen LogP contribution in [0.25, 0.3) is 122 Å². The number of hydrogen-bond acceptors (Lipinski definition) is 4. The summed E-state index contributed by atoms with van der Waals surface area (Å²) in [7, 11) is 0. The van der Waals surface area contributed by atoms with Crippen molar-refractivity contribution in [1.29, 1.82) is 0 Å². The van der Waals surface area contributed by atoms with E-state index in [2.05, 4.69) is 47.0 Å². The molecule has 0 saturated carbocycles. The number of benzene rings is 9. The minimum Gasteiger partial charge on any atom is -0.455 e. The van der Waals surface area contributed by atoms with Gasteiger partial charge in [0, 0.05) is 65.8 Å². The van der Waals surface area contributed by atoms with E-state index in [9.17, 15) is 2.74 Å². The molecule has 6 nitrogen and oxygen atoms in total. The predicted octanol–water partition coefficient (Wildman–Crippen LogP) is 14.6. The molecule has 0 saturated heterocycles. The molecular formula is C57H35N5O. The molecular weight excluding hydrogens is 771 g/mol. The Kier molecular flexibility index (Phi) is 6.56. The van der Waals surface area contributed by atoms with Crippen LogP contribution in [0.2, 0.25) is 0 Å². The Labute approximate surface area is 370 Å². The molecule has 4 aromatic heterocycles. The average Bonchev–Trinajstić information content (AvgIpc) is 4.06. The van der Waals surface area contributed by atoms with Gasteiger partial charge in [0.05, 0.1) is 36.0 Å². The maximum atomic E-state index is 9.37. The maximum Gasteiger partial charge on any atom is 0.164 e. The normalized spacial score (nSPS) is 13.1. The largest absolute Gasteiger partial charge is 0.455 e. The minimum atomic E-state index is -0.196. The summed E-state index contributed by atoms with van der Waals surface area (Å²) in [6, 6.07) is 56.0. The molecule has 6 heteroatoms. The van der Waals surface area contributed by atoms with Crippen LogP contribution in [-0.2, 0) is 0 Å². The van der Waals surface area contributed by atoms with Gasteiger partial charge in [0.15, 0.2) is 17.5 Å². The van der Waals surface area contributed by atoms with Crippen LogP contribution in [0, 0.1) is 0 Å². The third-order valence-corrected chi connectivity index (χ3v) is 11.9. The number of para-hydroxylation sites is 6. The minimum absolute atomic E-state index is 0.0661. The van der Waals surface area contributed by atoms with Gasteiger partial charge in [0.25, 0.3) is 0 Å². The van der Waals surface area contributed by atoms with Gasteiger partial charge in [-0.3, -0.25) is 0 Å². The van der Waals surface area contributed by atoms with Crippen molar-refractivity contribution in [2.45, 2.75) is 0 Å². The summed E-state index contributed by atoms with van der Waals surface area (Å²) in [6.45, 7) is 0. The lowest BCUT2D eigenvalue weighted by Gasteiger charge is -2.16. The van der Waals surface area contributed by atoms with Gasteiger partial charge in [-0.25, -0.2) is 15.0 Å². The zero-order chi connectivity index (χ0) is 46.7. The molecule has 13 rings (SSSR count). The van der Waals surface area contributed by atoms with E-state index in [1.165, 1.54) is 12.1 Å². The van der Waals surface area contributed by atoms with Crippen LogP contribution in [0.1, 0.15) is 8.22 Å². The van der Waals surface area contributed by atoms with Crippen molar-refractivity contribution in [1.82, 2.24) is 24.1 Å². The number of furan rings is 1. The first-order chi connectivity index (χ1) is 33.7. The fourth-order valence-corrected chi connectivity index (χ4v) is 9.12. The van der Waals surface area contributed by atoms with Gasteiger partial charge in [-0.2, -0.15) is 0 Å². The molecule has 0 aliphatic heterocycles. The van der Waals surface area contributed by atoms with E-state index in [4.69, 9.17) is 24.9 Å². The number of aromatic nitrogens is 5. The fraction of sp³-hybridized carbons (Fsp3) is 0. The van der Waals surface area contributed by atoms with E-state index in [-0.39, 0.29) is 58.1 Å². The first-order valence-electron chi connectivity index (χ1n) is 23.7. The molecule has 0 aliphatic rings. The number of rotatable bonds is 6. The zero-order valence-electron chi connectivity index (χ0n) is 39.4. The van der Waals surface area contributed by atoms with Crippen molar-refractivity contribution in [2.75, 3.05) is 0 Å². The SMILES string of the molecule is [2H]c1cc([2H])c2c(c1[2H])c1c([2H])c([2H])cc([2H])c1n2-c1cc(-c2nc(-c3ccccc3)nc(-c3ccc4c(c3)c3ccccc3n4-c3ccccc3)n2)ccc1-c1cccc2c1oc1ccccc12. The summed E-state index contributed by atoms with van der Waals surface area (Å²) < 4.78 is 65.0. The molecule has 0 aliphatic carbocycles. The number of hydrogen-bond donors (Lipinski definition) is 0. The summed E-state index contributed by atoms with van der Waals surface area (Å²) in [5.74, 6) is 1.28. The smallest absolute Gasteiger partial charge is 0.164 e. The van der Waals surface area contributed by atoms with E-state index in [1.54, 1.807) is 4.57 Å². The van der Waals surface area contributed by atoms with Crippen LogP contribution in [0.3, 0.4) is 0 Å². The van der Waals surface area contributed by atoms with Gasteiger partial charge < -0.3 is 13.6 Å². The van der Waals surface area contributed by atoms with Gasteiger partial charge in [0.2, 0.25) is 0 Å². The Morgan fingerprint density at radius 3 is 1.75 bits per heavy atom. The quantitative estimate of drug-likeness (QED) is 0.168. The molecule has 0 N–H and O–H groups in total. The van der Waals surface area contributed by atoms with Crippen LogP contribution in [0.4, 0.5) is 0 Å². The molecule has 0 spiro atoms. The lowest BCUT2D eigenvalue weighted by molar-refractivity contribution is 0.670. The van der Waals surface area contributed by atoms with Gasteiger partial charge in [0.1, 0.15) is 11.2 Å². The molecule has 0 bridgehead atoms. The summed E-state index contributed by atoms with van der Waals surface area (Å²) in [4.78, 5) is 15.5. The van der Waals surface area contributed by atoms with Gasteiger partial charge >= 0.3 is 0 Å². The Morgan fingerprint density at radius 1 is 0.381 bits per heavy atom. The molecule has 0 fully saturated rings. The molecule has 4 heterocycles. The summed E-state index contributed by atoms with van der Waals surface area (Å²) >= 11 is 0. The molecule has 0 unspecified atom stereocenters. The second-order valence-electron chi connectivity index (χ2n) is 15.5. The average molecular weight is 812 g/mol. The highest BCUT2D eigenvalue weighted by atomic mass is 16.3. The van der Waals surface area contributed by atoms with Crippen molar-refractivity contribution < 1.29 is 12.6 Å². The molecule has 0 amide bonds. The third kappa shape index (κ3) is 5.55. The standard InChI is InChI=1S/C57H35N5O/c1-3-16-36(17-4-1)55-58-56(37-31-33-51-47(34-37)42-22-9-11-26-48(42)61(51)39-18-5-2-6-19-39)60-57(59-55)38-30-32-43(45-24-15-25-46-44-23-10-14-29-53(44)63-54(45)46)52(35-38)62-49-27-12-7-20-40(49)41-21-8-13-28-50(41)62/h1-35H/i7D,8D,20D,21D,27D,28D. The van der Waals surface area contributed by atoms with Gasteiger partial charge in [-0.15, -0.1) is 0 Å². The van der Waals surface area contributed by atoms with Crippen molar-refractivity contribution in [3.05, 3.63) is 212 Å². The zero-order valence-corrected chi connectivity index (χ0v) is 33.4. The van der Waals surface area contributed by atoms with Crippen LogP contribution in [-0.4, -0.2) is 24.1 Å². The van der Waals surface area contributed by atoms with E-state index in [0.717, 1.165) is 60.5 Å². The van der Waals surface area contributed by atoms with E-state index in [1.807, 2.05) is 121 Å². The Morgan fingerprint density at radius 2 is 0.984 bits per heavy atom. The van der Waals surface area contributed by atoms with Crippen molar-refractivity contribution in [3.8, 4) is 56.7 Å². The highest BCUT2D eigenvalue weighted by molar-refractivity contribution is 6.13. The number of fused-ring (bicyclic) bond motifs is 9. The van der Waals surface area contributed by atoms with Crippen molar-refractivity contribution in [3.63, 3.8) is 0 Å². The maximum absolute atomic E-state index is 9.37. The summed E-state index contributed by atoms with van der Waals surface area (Å²) in [5.41, 5.74) is 9.05. The van der Waals surface area contributed by atoms with Gasteiger partial charge in [-0.1, -0.05) is 152 Å². The molecule has 0 radical (unpaired) electrons. The highest BCUT2D eigenvalue weighted by Gasteiger charge is 2.22. The Bertz CT molecular complexity index is 4210. The lowest BCUT2D eigenvalue weighted by Crippen LogP contribution is -2.02. The highest BCUT2D eigenvalue weighted by Crippen LogP contribution is 2.42. The summed E-state index contributed by atoms with van der Waals surface area (Å²) in [5, 5.41) is 4.30. The Hall–Kier alpha value is -8.61. The topological polar surface area (TPSA) is 61.7 Å². The van der Waals surface area contributed by atoms with Crippen LogP contribution in [0.15, 0.2) is 217 Å². The van der Waals surface area contributed by atoms with Crippen molar-refractivity contribution >= 4 is 65.6 Å². The number of nitrogens with zero attached hydrogens (tertiary/aromatic N) is 5. The van der Waals surface area contributed by atoms with Crippen molar-refractivity contribution in [2.24, 2.45) is 0 Å². The lowest BCUT2D eigenvalue weighted by atomic mass is 9.98. The monoisotopic (exact) mass is 811 g/mol.